The molecule has 0 fully saturated rings. The normalized spacial score (nSPS) is 10.2. The molecule has 106 valence electrons. The minimum Gasteiger partial charge on any atom is -0.487 e. The Morgan fingerprint density at radius 1 is 1.50 bits per heavy atom. The molecule has 0 saturated heterocycles. The van der Waals surface area contributed by atoms with E-state index in [1.165, 1.54) is 0 Å². The van der Waals surface area contributed by atoms with Crippen molar-refractivity contribution in [2.24, 2.45) is 0 Å². The quantitative estimate of drug-likeness (QED) is 0.627. The third-order valence-electron chi connectivity index (χ3n) is 2.62. The van der Waals surface area contributed by atoms with E-state index in [1.807, 2.05) is 5.38 Å². The molecule has 0 radical (unpaired) electrons. The second-order valence-electron chi connectivity index (χ2n) is 3.95. The van der Waals surface area contributed by atoms with Gasteiger partial charge in [0.15, 0.2) is 5.75 Å². The summed E-state index contributed by atoms with van der Waals surface area (Å²) in [4.78, 5) is 14.9. The zero-order valence-corrected chi connectivity index (χ0v) is 11.9. The summed E-state index contributed by atoms with van der Waals surface area (Å²) in [6.07, 6.45) is 2.48. The highest BCUT2D eigenvalue weighted by Crippen LogP contribution is 2.34. The predicted octanol–water partition coefficient (Wildman–Crippen LogP) is 3.10. The molecule has 2 rings (SSSR count). The summed E-state index contributed by atoms with van der Waals surface area (Å²) in [5, 5.41) is 17.2. The number of anilines is 1. The number of para-hydroxylation sites is 1. The van der Waals surface area contributed by atoms with E-state index in [2.05, 4.69) is 10.3 Å². The predicted molar refractivity (Wildman–Crippen MR) is 78.6 cm³/mol. The molecular weight excluding hydrogens is 278 g/mol. The maximum atomic E-state index is 11.2. The van der Waals surface area contributed by atoms with Crippen LogP contribution in [0, 0.1) is 10.1 Å². The Labute approximate surface area is 120 Å². The molecule has 1 N–H and O–H groups in total. The van der Waals surface area contributed by atoms with Crippen molar-refractivity contribution >= 4 is 22.7 Å². The van der Waals surface area contributed by atoms with Crippen LogP contribution in [0.15, 0.2) is 29.8 Å². The highest BCUT2D eigenvalue weighted by atomic mass is 32.1. The average Bonchev–Trinajstić information content (AvgIpc) is 2.92. The third-order valence-corrected chi connectivity index (χ3v) is 3.46. The Morgan fingerprint density at radius 3 is 3.00 bits per heavy atom. The van der Waals surface area contributed by atoms with Crippen LogP contribution in [-0.4, -0.2) is 23.1 Å². The molecule has 2 aromatic rings. The van der Waals surface area contributed by atoms with Gasteiger partial charge >= 0.3 is 5.69 Å². The highest BCUT2D eigenvalue weighted by molar-refractivity contribution is 7.09. The first kappa shape index (κ1) is 14.3. The number of rotatable bonds is 7. The molecule has 1 aromatic heterocycles. The van der Waals surface area contributed by atoms with Gasteiger partial charge in [0.1, 0.15) is 5.69 Å². The van der Waals surface area contributed by atoms with Crippen molar-refractivity contribution in [3.63, 3.8) is 0 Å². The first-order valence-corrected chi connectivity index (χ1v) is 7.12. The van der Waals surface area contributed by atoms with Crippen LogP contribution < -0.4 is 10.1 Å². The number of ether oxygens (including phenoxy) is 1. The average molecular weight is 293 g/mol. The van der Waals surface area contributed by atoms with Gasteiger partial charge in [0.2, 0.25) is 0 Å². The van der Waals surface area contributed by atoms with Gasteiger partial charge in [-0.05, 0) is 19.1 Å². The highest BCUT2D eigenvalue weighted by Gasteiger charge is 2.20. The summed E-state index contributed by atoms with van der Waals surface area (Å²) in [7, 11) is 0. The van der Waals surface area contributed by atoms with Crippen molar-refractivity contribution in [3.05, 3.63) is 44.9 Å². The van der Waals surface area contributed by atoms with E-state index in [-0.39, 0.29) is 11.4 Å². The summed E-state index contributed by atoms with van der Waals surface area (Å²) in [6.45, 7) is 2.78. The minimum atomic E-state index is -0.420. The van der Waals surface area contributed by atoms with Gasteiger partial charge in [-0.25, -0.2) is 4.98 Å². The lowest BCUT2D eigenvalue weighted by Crippen LogP contribution is -2.08. The van der Waals surface area contributed by atoms with Crippen LogP contribution in [0.4, 0.5) is 11.4 Å². The number of nitro benzene ring substituents is 1. The Kier molecular flexibility index (Phi) is 4.89. The molecule has 0 saturated carbocycles. The Morgan fingerprint density at radius 2 is 2.35 bits per heavy atom. The smallest absolute Gasteiger partial charge is 0.333 e. The molecule has 0 bridgehead atoms. The summed E-state index contributed by atoms with van der Waals surface area (Å²) in [6, 6.07) is 5.03. The fourth-order valence-corrected chi connectivity index (χ4v) is 2.43. The van der Waals surface area contributed by atoms with Crippen molar-refractivity contribution in [1.29, 1.82) is 0 Å². The summed E-state index contributed by atoms with van der Waals surface area (Å²) >= 11 is 1.57. The van der Waals surface area contributed by atoms with Gasteiger partial charge in [0.25, 0.3) is 0 Å². The van der Waals surface area contributed by atoms with E-state index in [4.69, 9.17) is 4.74 Å². The van der Waals surface area contributed by atoms with Crippen molar-refractivity contribution in [3.8, 4) is 5.75 Å². The van der Waals surface area contributed by atoms with Crippen LogP contribution >= 0.6 is 11.3 Å². The van der Waals surface area contributed by atoms with Gasteiger partial charge < -0.3 is 10.1 Å². The van der Waals surface area contributed by atoms with Crippen LogP contribution in [0.3, 0.4) is 0 Å². The van der Waals surface area contributed by atoms with Gasteiger partial charge in [-0.3, -0.25) is 10.1 Å². The van der Waals surface area contributed by atoms with E-state index in [1.54, 1.807) is 42.7 Å². The van der Waals surface area contributed by atoms with E-state index < -0.39 is 4.92 Å². The molecule has 0 aliphatic heterocycles. The maximum absolute atomic E-state index is 11.2. The summed E-state index contributed by atoms with van der Waals surface area (Å²) in [5.41, 5.74) is 0.450. The lowest BCUT2D eigenvalue weighted by molar-refractivity contribution is -0.384. The molecule has 7 heteroatoms. The molecule has 1 aromatic carbocycles. The molecule has 0 spiro atoms. The first-order valence-electron chi connectivity index (χ1n) is 6.24. The van der Waals surface area contributed by atoms with Gasteiger partial charge in [0, 0.05) is 24.5 Å². The monoisotopic (exact) mass is 293 g/mol. The van der Waals surface area contributed by atoms with Gasteiger partial charge in [0.05, 0.1) is 16.5 Å². The molecule has 0 aliphatic carbocycles. The van der Waals surface area contributed by atoms with Gasteiger partial charge in [-0.2, -0.15) is 0 Å². The van der Waals surface area contributed by atoms with Crippen LogP contribution in [-0.2, 0) is 6.42 Å². The largest absolute Gasteiger partial charge is 0.487 e. The van der Waals surface area contributed by atoms with E-state index in [9.17, 15) is 10.1 Å². The number of aromatic nitrogens is 1. The van der Waals surface area contributed by atoms with Crippen molar-refractivity contribution < 1.29 is 9.66 Å². The molecule has 6 nitrogen and oxygen atoms in total. The molecule has 0 aliphatic rings. The van der Waals surface area contributed by atoms with Crippen molar-refractivity contribution in [1.82, 2.24) is 4.98 Å². The van der Waals surface area contributed by atoms with Crippen LogP contribution in [0.25, 0.3) is 0 Å². The van der Waals surface area contributed by atoms with Crippen molar-refractivity contribution in [2.45, 2.75) is 13.3 Å². The molecule has 0 unspecified atom stereocenters. The first-order chi connectivity index (χ1) is 9.72. The standard InChI is InChI=1S/C13H15N3O3S/c1-2-19-11-5-3-4-10(13(11)16(17)18)14-7-6-12-15-8-9-20-12/h3-5,8-9,14H,2,6-7H2,1H3. The Bertz CT molecular complexity index is 572. The molecule has 0 amide bonds. The number of thiazole rings is 1. The topological polar surface area (TPSA) is 77.3 Å². The lowest BCUT2D eigenvalue weighted by Gasteiger charge is -2.09. The zero-order chi connectivity index (χ0) is 14.4. The molecule has 0 atom stereocenters. The number of hydrogen-bond donors (Lipinski definition) is 1. The fraction of sp³-hybridized carbons (Fsp3) is 0.308. The Balaban J connectivity index is 2.09. The number of nitro groups is 1. The second-order valence-corrected chi connectivity index (χ2v) is 4.92. The number of nitrogens with one attached hydrogen (secondary N) is 1. The van der Waals surface area contributed by atoms with Crippen LogP contribution in [0.2, 0.25) is 0 Å². The van der Waals surface area contributed by atoms with E-state index >= 15 is 0 Å². The van der Waals surface area contributed by atoms with E-state index in [0.29, 0.717) is 18.8 Å². The zero-order valence-electron chi connectivity index (χ0n) is 11.0. The number of benzene rings is 1. The molecule has 1 heterocycles. The SMILES string of the molecule is CCOc1cccc(NCCc2nccs2)c1[N+](=O)[O-]. The molecular formula is C13H15N3O3S. The van der Waals surface area contributed by atoms with Gasteiger partial charge in [-0.1, -0.05) is 6.07 Å². The summed E-state index contributed by atoms with van der Waals surface area (Å²) < 4.78 is 5.30. The van der Waals surface area contributed by atoms with Crippen LogP contribution in [0.1, 0.15) is 11.9 Å². The third kappa shape index (κ3) is 3.45. The summed E-state index contributed by atoms with van der Waals surface area (Å²) in [5.74, 6) is 0.289. The number of hydrogen-bond acceptors (Lipinski definition) is 6. The maximum Gasteiger partial charge on any atom is 0.333 e. The number of nitrogens with zero attached hydrogens (tertiary/aromatic N) is 2. The van der Waals surface area contributed by atoms with Crippen LogP contribution in [0.5, 0.6) is 5.75 Å². The van der Waals surface area contributed by atoms with Crippen molar-refractivity contribution in [2.75, 3.05) is 18.5 Å². The molecule has 20 heavy (non-hydrogen) atoms. The fourth-order valence-electron chi connectivity index (χ4n) is 1.81. The van der Waals surface area contributed by atoms with E-state index in [0.717, 1.165) is 11.4 Å². The lowest BCUT2D eigenvalue weighted by atomic mass is 10.2. The Hall–Kier alpha value is -2.15. The minimum absolute atomic E-state index is 0.0199. The van der Waals surface area contributed by atoms with Gasteiger partial charge in [-0.15, -0.1) is 11.3 Å². The second kappa shape index (κ2) is 6.85.